The zero-order chi connectivity index (χ0) is 23.6. The summed E-state index contributed by atoms with van der Waals surface area (Å²) < 4.78 is 52.2. The highest BCUT2D eigenvalue weighted by Gasteiger charge is 2.20. The Morgan fingerprint density at radius 1 is 1.15 bits per heavy atom. The minimum Gasteiger partial charge on any atom is -0.484 e. The second kappa shape index (κ2) is 9.49. The van der Waals surface area contributed by atoms with Crippen molar-refractivity contribution in [2.24, 2.45) is 0 Å². The predicted octanol–water partition coefficient (Wildman–Crippen LogP) is 3.70. The third kappa shape index (κ3) is 5.02. The first-order valence-electron chi connectivity index (χ1n) is 10.0. The van der Waals surface area contributed by atoms with Crippen LogP contribution in [0, 0.1) is 5.82 Å². The van der Waals surface area contributed by atoms with E-state index in [2.05, 4.69) is 15.2 Å². The van der Waals surface area contributed by atoms with Crippen molar-refractivity contribution in [2.75, 3.05) is 14.1 Å². The molecule has 0 N–H and O–H groups in total. The number of aryl methyl sites for hydroxylation is 1. The molecule has 2 heterocycles. The summed E-state index contributed by atoms with van der Waals surface area (Å²) in [5.74, 6) is 1.67. The van der Waals surface area contributed by atoms with Crippen LogP contribution in [0.4, 0.5) is 4.39 Å². The third-order valence-electron chi connectivity index (χ3n) is 4.84. The molecule has 9 nitrogen and oxygen atoms in total. The molecule has 0 saturated heterocycles. The van der Waals surface area contributed by atoms with E-state index in [1.165, 1.54) is 54.4 Å². The van der Waals surface area contributed by atoms with E-state index in [0.717, 1.165) is 11.3 Å². The molecule has 174 valence electrons. The number of thioether (sulfide) groups is 1. The van der Waals surface area contributed by atoms with Crippen LogP contribution in [-0.4, -0.2) is 46.6 Å². The molecule has 0 bridgehead atoms. The fourth-order valence-electron chi connectivity index (χ4n) is 3.15. The number of hydrogen-bond donors (Lipinski definition) is 0. The summed E-state index contributed by atoms with van der Waals surface area (Å²) in [5, 5.41) is 8.34. The van der Waals surface area contributed by atoms with Gasteiger partial charge in [-0.25, -0.2) is 22.1 Å². The average molecular weight is 492 g/mol. The Labute approximate surface area is 194 Å². The summed E-state index contributed by atoms with van der Waals surface area (Å²) in [6, 6.07) is 10.6. The summed E-state index contributed by atoms with van der Waals surface area (Å²) in [6.45, 7) is 2.74. The topological polar surface area (TPSA) is 103 Å². The van der Waals surface area contributed by atoms with Crippen molar-refractivity contribution >= 4 is 32.8 Å². The quantitative estimate of drug-likeness (QED) is 0.327. The van der Waals surface area contributed by atoms with Crippen LogP contribution in [0.3, 0.4) is 0 Å². The van der Waals surface area contributed by atoms with Crippen LogP contribution in [0.2, 0.25) is 0 Å². The van der Waals surface area contributed by atoms with Gasteiger partial charge in [-0.15, -0.1) is 10.2 Å². The smallest absolute Gasteiger partial charge is 0.277 e. The number of rotatable bonds is 9. The first-order chi connectivity index (χ1) is 15.8. The maximum absolute atomic E-state index is 13.0. The van der Waals surface area contributed by atoms with Gasteiger partial charge in [0, 0.05) is 20.6 Å². The van der Waals surface area contributed by atoms with Gasteiger partial charge in [-0.2, -0.15) is 0 Å². The number of imidazole rings is 1. The zero-order valence-corrected chi connectivity index (χ0v) is 19.9. The lowest BCUT2D eigenvalue weighted by molar-refractivity contribution is 0.252. The van der Waals surface area contributed by atoms with Gasteiger partial charge in [0.15, 0.2) is 6.61 Å². The largest absolute Gasteiger partial charge is 0.484 e. The Hall–Kier alpha value is -2.96. The molecule has 0 aliphatic heterocycles. The molecule has 0 aliphatic carbocycles. The maximum Gasteiger partial charge on any atom is 0.277 e. The van der Waals surface area contributed by atoms with E-state index in [4.69, 9.17) is 9.15 Å². The molecule has 12 heteroatoms. The van der Waals surface area contributed by atoms with Gasteiger partial charge in [0.05, 0.1) is 21.7 Å². The molecule has 0 fully saturated rings. The molecule has 0 unspecified atom stereocenters. The number of benzene rings is 2. The summed E-state index contributed by atoms with van der Waals surface area (Å²) in [4.78, 5) is 4.83. The number of ether oxygens (including phenoxy) is 1. The van der Waals surface area contributed by atoms with Crippen molar-refractivity contribution < 1.29 is 22.0 Å². The maximum atomic E-state index is 13.0. The highest BCUT2D eigenvalue weighted by molar-refractivity contribution is 7.98. The van der Waals surface area contributed by atoms with Crippen LogP contribution in [0.25, 0.3) is 11.0 Å². The summed E-state index contributed by atoms with van der Waals surface area (Å²) in [6.07, 6.45) is 0. The Morgan fingerprint density at radius 2 is 1.91 bits per heavy atom. The van der Waals surface area contributed by atoms with Gasteiger partial charge in [-0.05, 0) is 49.4 Å². The number of hydrogen-bond acceptors (Lipinski definition) is 8. The minimum atomic E-state index is -3.54. The number of halogens is 1. The summed E-state index contributed by atoms with van der Waals surface area (Å²) >= 11 is 1.32. The van der Waals surface area contributed by atoms with Crippen LogP contribution in [-0.2, 0) is 28.9 Å². The second-order valence-electron chi connectivity index (χ2n) is 7.20. The van der Waals surface area contributed by atoms with Crippen molar-refractivity contribution in [1.29, 1.82) is 0 Å². The Morgan fingerprint density at radius 3 is 2.61 bits per heavy atom. The van der Waals surface area contributed by atoms with Gasteiger partial charge < -0.3 is 13.7 Å². The van der Waals surface area contributed by atoms with Crippen LogP contribution < -0.4 is 4.74 Å². The summed E-state index contributed by atoms with van der Waals surface area (Å²) in [5.41, 5.74) is 1.46. The van der Waals surface area contributed by atoms with Crippen LogP contribution in [0.1, 0.15) is 18.6 Å². The van der Waals surface area contributed by atoms with Gasteiger partial charge in [0.2, 0.25) is 10.0 Å². The first-order valence-corrected chi connectivity index (χ1v) is 12.5. The predicted molar refractivity (Wildman–Crippen MR) is 121 cm³/mol. The molecule has 0 atom stereocenters. The molecule has 0 radical (unpaired) electrons. The molecule has 2 aromatic carbocycles. The highest BCUT2D eigenvalue weighted by Crippen LogP contribution is 2.26. The lowest BCUT2D eigenvalue weighted by Crippen LogP contribution is -2.22. The molecule has 2 aromatic heterocycles. The fraction of sp³-hybridized carbons (Fsp3) is 0.286. The van der Waals surface area contributed by atoms with Crippen LogP contribution >= 0.6 is 11.8 Å². The molecule has 0 spiro atoms. The highest BCUT2D eigenvalue weighted by atomic mass is 32.2. The van der Waals surface area contributed by atoms with Crippen molar-refractivity contribution in [3.63, 3.8) is 0 Å². The monoisotopic (exact) mass is 491 g/mol. The SMILES string of the molecule is CCn1c(CSc2nnc(COc3ccc(F)cc3)o2)nc2cc(S(=O)(=O)N(C)C)ccc21. The van der Waals surface area contributed by atoms with E-state index in [1.54, 1.807) is 18.2 Å². The zero-order valence-electron chi connectivity index (χ0n) is 18.2. The molecular weight excluding hydrogens is 469 g/mol. The Balaban J connectivity index is 1.46. The number of fused-ring (bicyclic) bond motifs is 1. The number of aromatic nitrogens is 4. The van der Waals surface area contributed by atoms with E-state index in [9.17, 15) is 12.8 Å². The van der Waals surface area contributed by atoms with Crippen molar-refractivity contribution in [3.8, 4) is 5.75 Å². The Bertz CT molecular complexity index is 1370. The van der Waals surface area contributed by atoms with E-state index in [0.29, 0.717) is 34.7 Å². The van der Waals surface area contributed by atoms with Gasteiger partial charge in [-0.1, -0.05) is 11.8 Å². The van der Waals surface area contributed by atoms with Gasteiger partial charge in [0.1, 0.15) is 17.4 Å². The van der Waals surface area contributed by atoms with E-state index >= 15 is 0 Å². The van der Waals surface area contributed by atoms with E-state index < -0.39 is 10.0 Å². The normalized spacial score (nSPS) is 12.0. The first kappa shape index (κ1) is 23.2. The molecule has 4 rings (SSSR count). The molecule has 0 amide bonds. The molecular formula is C21H22FN5O4S2. The van der Waals surface area contributed by atoms with Crippen LogP contribution in [0.5, 0.6) is 5.75 Å². The minimum absolute atomic E-state index is 0.0653. The second-order valence-corrected chi connectivity index (χ2v) is 10.3. The molecule has 4 aromatic rings. The molecule has 33 heavy (non-hydrogen) atoms. The van der Waals surface area contributed by atoms with Crippen molar-refractivity contribution in [2.45, 2.75) is 35.9 Å². The summed E-state index contributed by atoms with van der Waals surface area (Å²) in [7, 11) is -0.552. The standard InChI is InChI=1S/C21H22FN5O4S2/c1-4-27-18-10-9-16(33(28,29)26(2)3)11-17(18)23-19(27)13-32-21-25-24-20(31-21)12-30-15-7-5-14(22)6-8-15/h5-11H,4,12-13H2,1-3H3. The Kier molecular flexibility index (Phi) is 6.68. The fourth-order valence-corrected chi connectivity index (χ4v) is 4.80. The van der Waals surface area contributed by atoms with E-state index in [1.807, 2.05) is 11.5 Å². The van der Waals surface area contributed by atoms with Crippen molar-refractivity contribution in [3.05, 3.63) is 60.0 Å². The number of nitrogens with zero attached hydrogens (tertiary/aromatic N) is 5. The average Bonchev–Trinajstić information content (AvgIpc) is 3.40. The molecule has 0 aliphatic rings. The van der Waals surface area contributed by atoms with Crippen molar-refractivity contribution in [1.82, 2.24) is 24.1 Å². The lowest BCUT2D eigenvalue weighted by Gasteiger charge is -2.11. The lowest BCUT2D eigenvalue weighted by atomic mass is 10.3. The van der Waals surface area contributed by atoms with E-state index in [-0.39, 0.29) is 17.3 Å². The molecule has 0 saturated carbocycles. The third-order valence-corrected chi connectivity index (χ3v) is 7.47. The number of sulfonamides is 1. The van der Waals surface area contributed by atoms with Gasteiger partial charge in [0.25, 0.3) is 11.1 Å². The van der Waals surface area contributed by atoms with Gasteiger partial charge >= 0.3 is 0 Å². The van der Waals surface area contributed by atoms with Crippen LogP contribution in [0.15, 0.2) is 57.0 Å². The van der Waals surface area contributed by atoms with Gasteiger partial charge in [-0.3, -0.25) is 0 Å².